The molecule has 0 unspecified atom stereocenters. The highest BCUT2D eigenvalue weighted by atomic mass is 35.5. The van der Waals surface area contributed by atoms with Gasteiger partial charge in [-0.05, 0) is 5.56 Å². The number of thiol groups is 1. The Kier molecular flexibility index (Phi) is 3.03. The summed E-state index contributed by atoms with van der Waals surface area (Å²) < 4.78 is 1.96. The molecule has 0 aliphatic carbocycles. The number of aryl methyl sites for hydroxylation is 1. The zero-order chi connectivity index (χ0) is 10.8. The second-order valence-corrected chi connectivity index (χ2v) is 4.05. The molecule has 2 nitrogen and oxygen atoms in total. The van der Waals surface area contributed by atoms with Gasteiger partial charge in [0.25, 0.3) is 0 Å². The van der Waals surface area contributed by atoms with E-state index >= 15 is 0 Å². The molecular formula is C11H11ClN2S. The molecule has 2 rings (SSSR count). The van der Waals surface area contributed by atoms with E-state index in [0.29, 0.717) is 5.88 Å². The number of alkyl halides is 1. The molecule has 15 heavy (non-hydrogen) atoms. The number of hydrogen-bond acceptors (Lipinski definition) is 2. The highest BCUT2D eigenvalue weighted by molar-refractivity contribution is 7.80. The number of nitrogens with zero attached hydrogens (tertiary/aromatic N) is 2. The zero-order valence-electron chi connectivity index (χ0n) is 8.31. The Morgan fingerprint density at radius 1 is 1.33 bits per heavy atom. The fourth-order valence-corrected chi connectivity index (χ4v) is 2.02. The summed E-state index contributed by atoms with van der Waals surface area (Å²) in [4.78, 5) is 4.14. The maximum atomic E-state index is 5.73. The van der Waals surface area contributed by atoms with Crippen LogP contribution in [0.2, 0.25) is 0 Å². The number of aromatic nitrogens is 2. The van der Waals surface area contributed by atoms with Crippen molar-refractivity contribution < 1.29 is 0 Å². The molecule has 0 aliphatic rings. The van der Waals surface area contributed by atoms with Crippen molar-refractivity contribution in [2.45, 2.75) is 10.9 Å². The molecular weight excluding hydrogens is 228 g/mol. The van der Waals surface area contributed by atoms with Gasteiger partial charge in [0.15, 0.2) is 0 Å². The van der Waals surface area contributed by atoms with Crippen molar-refractivity contribution in [1.82, 2.24) is 9.55 Å². The number of benzene rings is 1. The molecule has 0 atom stereocenters. The van der Waals surface area contributed by atoms with Crippen molar-refractivity contribution >= 4 is 24.2 Å². The van der Waals surface area contributed by atoms with E-state index in [0.717, 1.165) is 21.8 Å². The van der Waals surface area contributed by atoms with Gasteiger partial charge in [-0.3, -0.25) is 0 Å². The Bertz CT molecular complexity index is 442. The summed E-state index contributed by atoms with van der Waals surface area (Å²) in [6.45, 7) is 0. The summed E-state index contributed by atoms with van der Waals surface area (Å²) in [5.74, 6) is 0.541. The van der Waals surface area contributed by atoms with Crippen LogP contribution in [0.15, 0.2) is 35.6 Å². The summed E-state index contributed by atoms with van der Waals surface area (Å²) in [5.41, 5.74) is 3.25. The maximum Gasteiger partial charge on any atom is 0.119 e. The summed E-state index contributed by atoms with van der Waals surface area (Å²) in [6, 6.07) is 8.11. The molecule has 0 bridgehead atoms. The molecule has 2 aromatic rings. The minimum absolute atomic E-state index is 0.541. The fourth-order valence-electron chi connectivity index (χ4n) is 1.50. The first-order valence-electron chi connectivity index (χ1n) is 4.58. The monoisotopic (exact) mass is 238 g/mol. The van der Waals surface area contributed by atoms with Crippen molar-refractivity contribution in [3.05, 3.63) is 36.2 Å². The molecule has 0 N–H and O–H groups in total. The third-order valence-electron chi connectivity index (χ3n) is 2.30. The lowest BCUT2D eigenvalue weighted by molar-refractivity contribution is 0.921. The third-order valence-corrected chi connectivity index (χ3v) is 2.94. The molecule has 1 aromatic heterocycles. The summed E-state index contributed by atoms with van der Waals surface area (Å²) in [5, 5.41) is 0.746. The molecule has 0 radical (unpaired) electrons. The van der Waals surface area contributed by atoms with Crippen LogP contribution in [0.25, 0.3) is 11.3 Å². The topological polar surface area (TPSA) is 17.8 Å². The molecule has 0 spiro atoms. The van der Waals surface area contributed by atoms with Gasteiger partial charge in [0.05, 0.1) is 12.0 Å². The first kappa shape index (κ1) is 10.6. The number of imidazole rings is 1. The zero-order valence-corrected chi connectivity index (χ0v) is 9.96. The Morgan fingerprint density at radius 2 is 2.00 bits per heavy atom. The van der Waals surface area contributed by atoms with E-state index in [-0.39, 0.29) is 0 Å². The van der Waals surface area contributed by atoms with Crippen molar-refractivity contribution in [2.75, 3.05) is 0 Å². The number of hydrogen-bond donors (Lipinski definition) is 1. The first-order valence-corrected chi connectivity index (χ1v) is 5.56. The van der Waals surface area contributed by atoms with Crippen LogP contribution >= 0.6 is 24.2 Å². The molecule has 0 amide bonds. The average molecular weight is 239 g/mol. The molecule has 78 valence electrons. The number of rotatable bonds is 2. The summed E-state index contributed by atoms with van der Waals surface area (Å²) in [6.07, 6.45) is 1.76. The van der Waals surface area contributed by atoms with Gasteiger partial charge >= 0.3 is 0 Å². The summed E-state index contributed by atoms with van der Waals surface area (Å²) >= 11 is 10.1. The summed E-state index contributed by atoms with van der Waals surface area (Å²) in [7, 11) is 1.96. The molecule has 0 fully saturated rings. The van der Waals surface area contributed by atoms with Crippen LogP contribution in [0.3, 0.4) is 0 Å². The van der Waals surface area contributed by atoms with E-state index in [9.17, 15) is 0 Å². The number of halogens is 1. The normalized spacial score (nSPS) is 10.6. The van der Waals surface area contributed by atoms with Crippen LogP contribution in [0.5, 0.6) is 0 Å². The van der Waals surface area contributed by atoms with Gasteiger partial charge in [-0.1, -0.05) is 24.3 Å². The SMILES string of the molecule is Cn1cnc(S)c1-c1ccc(CCl)cc1. The molecule has 0 saturated carbocycles. The van der Waals surface area contributed by atoms with Crippen LogP contribution in [0, 0.1) is 0 Å². The van der Waals surface area contributed by atoms with Crippen LogP contribution in [-0.4, -0.2) is 9.55 Å². The van der Waals surface area contributed by atoms with Gasteiger partial charge in [0, 0.05) is 18.5 Å². The predicted molar refractivity (Wildman–Crippen MR) is 65.5 cm³/mol. The van der Waals surface area contributed by atoms with Crippen molar-refractivity contribution in [3.8, 4) is 11.3 Å². The second kappa shape index (κ2) is 4.29. The van der Waals surface area contributed by atoms with E-state index < -0.39 is 0 Å². The third kappa shape index (κ3) is 2.03. The van der Waals surface area contributed by atoms with Gasteiger partial charge in [-0.15, -0.1) is 24.2 Å². The molecule has 1 aromatic carbocycles. The molecule has 0 aliphatic heterocycles. The Hall–Kier alpha value is -0.930. The highest BCUT2D eigenvalue weighted by Crippen LogP contribution is 2.25. The largest absolute Gasteiger partial charge is 0.333 e. The van der Waals surface area contributed by atoms with Gasteiger partial charge in [0.2, 0.25) is 0 Å². The molecule has 4 heteroatoms. The Labute approximate surface area is 99.3 Å². The van der Waals surface area contributed by atoms with Crippen molar-refractivity contribution in [2.24, 2.45) is 7.05 Å². The predicted octanol–water partition coefficient (Wildman–Crippen LogP) is 3.11. The average Bonchev–Trinajstić information content (AvgIpc) is 2.59. The van der Waals surface area contributed by atoms with Crippen LogP contribution in [-0.2, 0) is 12.9 Å². The van der Waals surface area contributed by atoms with E-state index in [1.807, 2.05) is 35.9 Å². The fraction of sp³-hybridized carbons (Fsp3) is 0.182. The standard InChI is InChI=1S/C11H11ClN2S/c1-14-7-13-11(15)10(14)9-4-2-8(6-12)3-5-9/h2-5,7,15H,6H2,1H3. The Balaban J connectivity index is 2.45. The molecule has 0 saturated heterocycles. The van der Waals surface area contributed by atoms with Gasteiger partial charge in [-0.2, -0.15) is 0 Å². The van der Waals surface area contributed by atoms with Gasteiger partial charge in [0.1, 0.15) is 5.03 Å². The van der Waals surface area contributed by atoms with Crippen molar-refractivity contribution in [1.29, 1.82) is 0 Å². The van der Waals surface area contributed by atoms with Gasteiger partial charge < -0.3 is 4.57 Å². The van der Waals surface area contributed by atoms with E-state index in [4.69, 9.17) is 11.6 Å². The first-order chi connectivity index (χ1) is 7.22. The van der Waals surface area contributed by atoms with E-state index in [1.54, 1.807) is 6.33 Å². The van der Waals surface area contributed by atoms with E-state index in [1.165, 1.54) is 0 Å². The maximum absolute atomic E-state index is 5.73. The minimum atomic E-state index is 0.541. The van der Waals surface area contributed by atoms with E-state index in [2.05, 4.69) is 17.6 Å². The highest BCUT2D eigenvalue weighted by Gasteiger charge is 2.07. The van der Waals surface area contributed by atoms with Gasteiger partial charge in [-0.25, -0.2) is 4.98 Å². The molecule has 1 heterocycles. The quantitative estimate of drug-likeness (QED) is 0.629. The Morgan fingerprint density at radius 3 is 2.47 bits per heavy atom. The lowest BCUT2D eigenvalue weighted by Gasteiger charge is -2.04. The van der Waals surface area contributed by atoms with Crippen LogP contribution < -0.4 is 0 Å². The van der Waals surface area contributed by atoms with Crippen LogP contribution in [0.4, 0.5) is 0 Å². The van der Waals surface area contributed by atoms with Crippen molar-refractivity contribution in [3.63, 3.8) is 0 Å². The smallest absolute Gasteiger partial charge is 0.119 e. The minimum Gasteiger partial charge on any atom is -0.333 e. The lowest BCUT2D eigenvalue weighted by atomic mass is 10.1. The lowest BCUT2D eigenvalue weighted by Crippen LogP contribution is -1.90. The van der Waals surface area contributed by atoms with Crippen LogP contribution in [0.1, 0.15) is 5.56 Å². The second-order valence-electron chi connectivity index (χ2n) is 3.36.